The van der Waals surface area contributed by atoms with Gasteiger partial charge in [-0.2, -0.15) is 0 Å². The van der Waals surface area contributed by atoms with Crippen molar-refractivity contribution in [1.29, 1.82) is 0 Å². The summed E-state index contributed by atoms with van der Waals surface area (Å²) in [7, 11) is 1.57. The largest absolute Gasteiger partial charge is 0.508 e. The number of nitrogens with zero attached hydrogens (tertiary/aromatic N) is 1. The molecule has 3 rings (SSSR count). The number of anilines is 1. The minimum Gasteiger partial charge on any atom is -0.508 e. The Morgan fingerprint density at radius 2 is 1.79 bits per heavy atom. The van der Waals surface area contributed by atoms with Crippen LogP contribution in [0.1, 0.15) is 31.9 Å². The van der Waals surface area contributed by atoms with Crippen LogP contribution in [0.3, 0.4) is 0 Å². The van der Waals surface area contributed by atoms with Gasteiger partial charge in [0.1, 0.15) is 23.1 Å². The van der Waals surface area contributed by atoms with Gasteiger partial charge in [-0.1, -0.05) is 6.07 Å². The predicted molar refractivity (Wildman–Crippen MR) is 109 cm³/mol. The summed E-state index contributed by atoms with van der Waals surface area (Å²) < 4.78 is 10.6. The molecule has 1 aliphatic rings. The average Bonchev–Trinajstić information content (AvgIpc) is 2.66. The molecule has 0 aliphatic carbocycles. The number of aromatic hydroxyl groups is 1. The van der Waals surface area contributed by atoms with Gasteiger partial charge in [0, 0.05) is 12.1 Å². The highest BCUT2D eigenvalue weighted by Gasteiger charge is 2.37. The van der Waals surface area contributed by atoms with Gasteiger partial charge in [0.15, 0.2) is 0 Å². The Labute approximate surface area is 170 Å². The van der Waals surface area contributed by atoms with Gasteiger partial charge in [-0.15, -0.1) is 0 Å². The second-order valence-electron chi connectivity index (χ2n) is 8.00. The first kappa shape index (κ1) is 20.5. The van der Waals surface area contributed by atoms with Crippen LogP contribution in [-0.2, 0) is 22.5 Å². The zero-order chi connectivity index (χ0) is 21.2. The molecule has 0 bridgehead atoms. The molecule has 7 heteroatoms. The molecule has 1 atom stereocenters. The third-order valence-corrected chi connectivity index (χ3v) is 4.61. The van der Waals surface area contributed by atoms with E-state index in [1.165, 1.54) is 4.90 Å². The van der Waals surface area contributed by atoms with E-state index in [-0.39, 0.29) is 18.2 Å². The van der Waals surface area contributed by atoms with Gasteiger partial charge < -0.3 is 19.9 Å². The van der Waals surface area contributed by atoms with Crippen LogP contribution in [0.2, 0.25) is 0 Å². The van der Waals surface area contributed by atoms with E-state index in [2.05, 4.69) is 5.32 Å². The topological polar surface area (TPSA) is 88.1 Å². The first-order valence-corrected chi connectivity index (χ1v) is 9.41. The molecule has 0 radical (unpaired) electrons. The second-order valence-corrected chi connectivity index (χ2v) is 8.00. The van der Waals surface area contributed by atoms with Crippen LogP contribution in [0.5, 0.6) is 11.5 Å². The maximum Gasteiger partial charge on any atom is 0.411 e. The number of rotatable bonds is 3. The quantitative estimate of drug-likeness (QED) is 0.823. The number of nitrogens with one attached hydrogen (secondary N) is 1. The summed E-state index contributed by atoms with van der Waals surface area (Å²) in [6.45, 7) is 5.52. The zero-order valence-corrected chi connectivity index (χ0v) is 17.1. The first-order valence-electron chi connectivity index (χ1n) is 9.41. The number of carbonyl (C=O) groups is 2. The third kappa shape index (κ3) is 4.99. The highest BCUT2D eigenvalue weighted by Crippen LogP contribution is 2.29. The van der Waals surface area contributed by atoms with Gasteiger partial charge in [0.05, 0.1) is 13.7 Å². The molecular formula is C22H26N2O5. The normalized spacial score (nSPS) is 16.0. The Balaban J connectivity index is 1.85. The summed E-state index contributed by atoms with van der Waals surface area (Å²) in [5.41, 5.74) is 1.63. The predicted octanol–water partition coefficient (Wildman–Crippen LogP) is 3.70. The molecular weight excluding hydrogens is 372 g/mol. The van der Waals surface area contributed by atoms with E-state index < -0.39 is 17.7 Å². The number of hydrogen-bond acceptors (Lipinski definition) is 5. The lowest BCUT2D eigenvalue weighted by molar-refractivity contribution is -0.121. The van der Waals surface area contributed by atoms with Crippen LogP contribution < -0.4 is 10.1 Å². The highest BCUT2D eigenvalue weighted by atomic mass is 16.6. The van der Waals surface area contributed by atoms with Crippen molar-refractivity contribution in [2.24, 2.45) is 0 Å². The zero-order valence-electron chi connectivity index (χ0n) is 17.1. The van der Waals surface area contributed by atoms with Gasteiger partial charge in [-0.05, 0) is 68.3 Å². The van der Waals surface area contributed by atoms with E-state index in [0.717, 1.165) is 11.1 Å². The summed E-state index contributed by atoms with van der Waals surface area (Å²) in [4.78, 5) is 27.3. The third-order valence-electron chi connectivity index (χ3n) is 4.61. The van der Waals surface area contributed by atoms with E-state index in [9.17, 15) is 14.7 Å². The molecule has 0 spiro atoms. The van der Waals surface area contributed by atoms with Crippen LogP contribution in [-0.4, -0.2) is 40.8 Å². The van der Waals surface area contributed by atoms with Gasteiger partial charge in [-0.3, -0.25) is 9.69 Å². The SMILES string of the molecule is COc1ccc(NC(=O)C2Cc3ccc(O)cc3CN2C(=O)OC(C)(C)C)cc1. The minimum atomic E-state index is -0.732. The van der Waals surface area contributed by atoms with Crippen molar-refractivity contribution in [1.82, 2.24) is 4.90 Å². The lowest BCUT2D eigenvalue weighted by atomic mass is 9.93. The van der Waals surface area contributed by atoms with Crippen LogP contribution in [0.4, 0.5) is 10.5 Å². The molecule has 0 saturated heterocycles. The smallest absolute Gasteiger partial charge is 0.411 e. The number of phenols is 1. The van der Waals surface area contributed by atoms with Gasteiger partial charge in [0.2, 0.25) is 5.91 Å². The molecule has 2 aromatic carbocycles. The van der Waals surface area contributed by atoms with E-state index >= 15 is 0 Å². The fourth-order valence-electron chi connectivity index (χ4n) is 3.22. The molecule has 1 heterocycles. The number of carbonyl (C=O) groups excluding carboxylic acids is 2. The summed E-state index contributed by atoms with van der Waals surface area (Å²) in [5, 5.41) is 12.6. The maximum absolute atomic E-state index is 13.0. The maximum atomic E-state index is 13.0. The fraction of sp³-hybridized carbons (Fsp3) is 0.364. The van der Waals surface area contributed by atoms with Gasteiger partial charge in [-0.25, -0.2) is 4.79 Å². The molecule has 1 aliphatic heterocycles. The van der Waals surface area contributed by atoms with Crippen molar-refractivity contribution in [3.8, 4) is 11.5 Å². The lowest BCUT2D eigenvalue weighted by Gasteiger charge is -2.37. The number of hydrogen-bond donors (Lipinski definition) is 2. The molecule has 0 aromatic heterocycles. The van der Waals surface area contributed by atoms with Crippen LogP contribution >= 0.6 is 0 Å². The molecule has 2 N–H and O–H groups in total. The summed E-state index contributed by atoms with van der Waals surface area (Å²) in [6.07, 6.45) is -0.238. The monoisotopic (exact) mass is 398 g/mol. The van der Waals surface area contributed by atoms with E-state index in [1.807, 2.05) is 0 Å². The Hall–Kier alpha value is -3.22. The molecule has 0 fully saturated rings. The number of phenolic OH excluding ortho intramolecular Hbond substituents is 1. The Bertz CT molecular complexity index is 902. The van der Waals surface area contributed by atoms with Crippen molar-refractivity contribution < 1.29 is 24.2 Å². The van der Waals surface area contributed by atoms with E-state index in [1.54, 1.807) is 70.3 Å². The van der Waals surface area contributed by atoms with Crippen LogP contribution in [0.25, 0.3) is 0 Å². The number of benzene rings is 2. The summed E-state index contributed by atoms with van der Waals surface area (Å²) in [6, 6.07) is 11.2. The van der Waals surface area contributed by atoms with Crippen LogP contribution in [0.15, 0.2) is 42.5 Å². The van der Waals surface area contributed by atoms with Crippen LogP contribution in [0, 0.1) is 0 Å². The summed E-state index contributed by atoms with van der Waals surface area (Å²) >= 11 is 0. The number of amides is 2. The molecule has 2 amide bonds. The molecule has 1 unspecified atom stereocenters. The van der Waals surface area contributed by atoms with Crippen molar-refractivity contribution in [3.05, 3.63) is 53.6 Å². The first-order chi connectivity index (χ1) is 13.7. The highest BCUT2D eigenvalue weighted by molar-refractivity contribution is 5.97. The van der Waals surface area contributed by atoms with Crippen molar-refractivity contribution >= 4 is 17.7 Å². The minimum absolute atomic E-state index is 0.119. The van der Waals surface area contributed by atoms with E-state index in [4.69, 9.17) is 9.47 Å². The van der Waals surface area contributed by atoms with Crippen molar-refractivity contribution in [2.75, 3.05) is 12.4 Å². The van der Waals surface area contributed by atoms with Crippen molar-refractivity contribution in [2.45, 2.75) is 45.4 Å². The fourth-order valence-corrected chi connectivity index (χ4v) is 3.22. The Morgan fingerprint density at radius 1 is 1.10 bits per heavy atom. The number of fused-ring (bicyclic) bond motifs is 1. The second kappa shape index (κ2) is 8.03. The van der Waals surface area contributed by atoms with Gasteiger partial charge >= 0.3 is 6.09 Å². The molecule has 29 heavy (non-hydrogen) atoms. The van der Waals surface area contributed by atoms with Gasteiger partial charge in [0.25, 0.3) is 0 Å². The summed E-state index contributed by atoms with van der Waals surface area (Å²) in [5.74, 6) is 0.499. The molecule has 7 nitrogen and oxygen atoms in total. The number of ether oxygens (including phenoxy) is 2. The standard InChI is InChI=1S/C22H26N2O5/c1-22(2,3)29-21(27)24-13-15-11-17(25)8-5-14(15)12-19(24)20(26)23-16-6-9-18(28-4)10-7-16/h5-11,19,25H,12-13H2,1-4H3,(H,23,26). The van der Waals surface area contributed by atoms with Crippen molar-refractivity contribution in [3.63, 3.8) is 0 Å². The Morgan fingerprint density at radius 3 is 2.41 bits per heavy atom. The number of methoxy groups -OCH3 is 1. The average molecular weight is 398 g/mol. The van der Waals surface area contributed by atoms with E-state index in [0.29, 0.717) is 17.9 Å². The molecule has 154 valence electrons. The Kier molecular flexibility index (Phi) is 5.68. The molecule has 0 saturated carbocycles. The molecule has 2 aromatic rings. The lowest BCUT2D eigenvalue weighted by Crippen LogP contribution is -2.52.